The minimum Gasteiger partial charge on any atom is -0.391 e. The second kappa shape index (κ2) is 24.6. The summed E-state index contributed by atoms with van der Waals surface area (Å²) < 4.78 is 57.8. The number of H-pyrrole nitrogens is 1. The van der Waals surface area contributed by atoms with Gasteiger partial charge in [0.15, 0.2) is 0 Å². The number of anilines is 2. The molecule has 2 aliphatic rings. The van der Waals surface area contributed by atoms with Gasteiger partial charge in [0.2, 0.25) is 23.3 Å². The molecule has 0 bridgehead atoms. The number of unbranched alkanes of at least 4 members (excludes halogenated alkanes) is 3. The summed E-state index contributed by atoms with van der Waals surface area (Å²) in [6, 6.07) is 15.1. The zero-order chi connectivity index (χ0) is 55.9. The number of aliphatic hydroxyl groups excluding tert-OH is 1. The average Bonchev–Trinajstić information content (AvgIpc) is 4.00. The fourth-order valence-electron chi connectivity index (χ4n) is 9.74. The van der Waals surface area contributed by atoms with Gasteiger partial charge in [0.1, 0.15) is 17.9 Å². The minimum atomic E-state index is -5.00. The molecule has 2 saturated heterocycles. The maximum Gasteiger partial charge on any atom is 0.417 e. The van der Waals surface area contributed by atoms with Crippen molar-refractivity contribution in [3.8, 4) is 21.6 Å². The van der Waals surface area contributed by atoms with Crippen LogP contribution in [0.5, 0.6) is 0 Å². The Labute approximate surface area is 449 Å². The number of likely N-dealkylation sites (N-methyl/N-ethyl adjacent to an activating group) is 1. The predicted molar refractivity (Wildman–Crippen MR) is 288 cm³/mol. The standard InChI is InChI=1S/C56H67F4N9O7S/c1-32-28-68(29-33(2)67(32)7)45-20-18-37(23-44(45)65-52(74)41-27-62-48(72)25-42(41)56(58,59)60)40-19-17-38(22-43(40)57)51(73)61-21-11-9-8-10-12-47(71)66-50(55(4,5)6)54(76)69-30-39(70)24-46(69)53(75)63-26-35-13-15-36(16-14-35)49-34(3)64-31-77-49/h13-20,22-23,25,27,31-33,39,46,50,70H,8-12,21,24,26,28-30H2,1-7H3,(H,61,73)(H,62,72)(H,63,75)(H,65,74)(H,66,71)/t32-,33+,39-,46+,50-/m1/s1. The molecule has 0 radical (unpaired) electrons. The summed E-state index contributed by atoms with van der Waals surface area (Å²) >= 11 is 1.55. The van der Waals surface area contributed by atoms with E-state index in [4.69, 9.17) is 0 Å². The van der Waals surface area contributed by atoms with Crippen LogP contribution >= 0.6 is 11.3 Å². The highest BCUT2D eigenvalue weighted by Gasteiger charge is 2.44. The van der Waals surface area contributed by atoms with E-state index in [0.29, 0.717) is 56.7 Å². The third-order valence-electron chi connectivity index (χ3n) is 14.3. The third kappa shape index (κ3) is 14.3. The molecule has 0 spiro atoms. The molecule has 0 aliphatic carbocycles. The van der Waals surface area contributed by atoms with Gasteiger partial charge in [0.25, 0.3) is 11.8 Å². The Morgan fingerprint density at radius 2 is 1.56 bits per heavy atom. The van der Waals surface area contributed by atoms with E-state index in [1.165, 1.54) is 23.1 Å². The molecule has 2 aliphatic heterocycles. The number of aliphatic hydroxyl groups is 1. The van der Waals surface area contributed by atoms with Gasteiger partial charge >= 0.3 is 6.18 Å². The van der Waals surface area contributed by atoms with Gasteiger partial charge in [-0.1, -0.05) is 70.0 Å². The number of benzene rings is 3. The number of nitrogens with one attached hydrogen (secondary N) is 5. The van der Waals surface area contributed by atoms with Crippen LogP contribution in [-0.2, 0) is 27.1 Å². The van der Waals surface area contributed by atoms with E-state index < -0.39 is 75.9 Å². The van der Waals surface area contributed by atoms with Gasteiger partial charge in [-0.3, -0.25) is 33.7 Å². The number of hydrogen-bond donors (Lipinski definition) is 6. The molecule has 16 nitrogen and oxygen atoms in total. The number of pyridine rings is 1. The molecular weight excluding hydrogens is 1020 g/mol. The van der Waals surface area contributed by atoms with E-state index in [-0.39, 0.29) is 72.8 Å². The lowest BCUT2D eigenvalue weighted by atomic mass is 9.85. The molecule has 21 heteroatoms. The van der Waals surface area contributed by atoms with Crippen molar-refractivity contribution in [3.05, 3.63) is 123 Å². The smallest absolute Gasteiger partial charge is 0.391 e. The molecule has 6 N–H and O–H groups in total. The molecule has 2 fully saturated rings. The number of likely N-dealkylation sites (tertiary alicyclic amines) is 1. The first-order chi connectivity index (χ1) is 36.4. The molecule has 4 heterocycles. The fourth-order valence-corrected chi connectivity index (χ4v) is 10.5. The van der Waals surface area contributed by atoms with Crippen LogP contribution in [-0.4, -0.2) is 118 Å². The monoisotopic (exact) mass is 1090 g/mol. The van der Waals surface area contributed by atoms with E-state index in [0.717, 1.165) is 27.8 Å². The molecular formula is C56H67F4N9O7S. The van der Waals surface area contributed by atoms with E-state index in [1.54, 1.807) is 29.0 Å². The predicted octanol–water partition coefficient (Wildman–Crippen LogP) is 7.90. The number of aryl methyl sites for hydroxylation is 1. The summed E-state index contributed by atoms with van der Waals surface area (Å²) in [6.07, 6.45) is -2.65. The number of carbonyl (C=O) groups is 5. The van der Waals surface area contributed by atoms with Crippen LogP contribution in [0.2, 0.25) is 0 Å². The first-order valence-corrected chi connectivity index (χ1v) is 26.6. The van der Waals surface area contributed by atoms with Gasteiger partial charge in [-0.25, -0.2) is 9.37 Å². The molecule has 5 aromatic rings. The number of rotatable bonds is 18. The Morgan fingerprint density at radius 3 is 2.21 bits per heavy atom. The number of amides is 5. The van der Waals surface area contributed by atoms with Crippen molar-refractivity contribution >= 4 is 52.2 Å². The summed E-state index contributed by atoms with van der Waals surface area (Å²) in [5, 5.41) is 21.8. The molecule has 3 aromatic carbocycles. The molecule has 77 heavy (non-hydrogen) atoms. The highest BCUT2D eigenvalue weighted by molar-refractivity contribution is 7.13. The molecule has 5 atom stereocenters. The van der Waals surface area contributed by atoms with Crippen LogP contribution in [0.3, 0.4) is 0 Å². The number of β-amino-alcohol motifs (C(OH)–C–C–N with tert-alkyl or cyclic N) is 1. The Kier molecular flexibility index (Phi) is 18.4. The molecule has 0 unspecified atom stereocenters. The summed E-state index contributed by atoms with van der Waals surface area (Å²) in [6.45, 7) is 13.0. The lowest BCUT2D eigenvalue weighted by Crippen LogP contribution is -2.57. The van der Waals surface area contributed by atoms with Crippen LogP contribution in [0.1, 0.15) is 111 Å². The molecule has 2 aromatic heterocycles. The topological polar surface area (TPSA) is 209 Å². The Hall–Kier alpha value is -6.97. The number of halogens is 4. The summed E-state index contributed by atoms with van der Waals surface area (Å²) in [5.41, 5.74) is 1.71. The average molecular weight is 1090 g/mol. The minimum absolute atomic E-state index is 0.0443. The third-order valence-corrected chi connectivity index (χ3v) is 15.3. The first-order valence-electron chi connectivity index (χ1n) is 25.7. The van der Waals surface area contributed by atoms with Crippen molar-refractivity contribution in [2.24, 2.45) is 5.41 Å². The lowest BCUT2D eigenvalue weighted by molar-refractivity contribution is -0.144. The van der Waals surface area contributed by atoms with Gasteiger partial charge in [-0.2, -0.15) is 13.2 Å². The Morgan fingerprint density at radius 1 is 0.870 bits per heavy atom. The zero-order valence-corrected chi connectivity index (χ0v) is 45.1. The molecule has 5 amide bonds. The Balaban J connectivity index is 0.893. The van der Waals surface area contributed by atoms with Crippen molar-refractivity contribution in [2.45, 2.75) is 123 Å². The quantitative estimate of drug-likeness (QED) is 0.0369. The van der Waals surface area contributed by atoms with Crippen molar-refractivity contribution in [1.29, 1.82) is 0 Å². The van der Waals surface area contributed by atoms with Gasteiger partial charge in [0.05, 0.1) is 44.7 Å². The van der Waals surface area contributed by atoms with Gasteiger partial charge in [-0.05, 0) is 87.0 Å². The van der Waals surface area contributed by atoms with E-state index in [2.05, 4.69) is 36.1 Å². The van der Waals surface area contributed by atoms with E-state index >= 15 is 4.39 Å². The summed E-state index contributed by atoms with van der Waals surface area (Å²) in [4.78, 5) is 92.4. The van der Waals surface area contributed by atoms with Gasteiger partial charge in [-0.15, -0.1) is 11.3 Å². The molecule has 0 saturated carbocycles. The van der Waals surface area contributed by atoms with Crippen LogP contribution in [0, 0.1) is 18.2 Å². The van der Waals surface area contributed by atoms with E-state index in [1.807, 2.05) is 77.8 Å². The highest BCUT2D eigenvalue weighted by Crippen LogP contribution is 2.37. The van der Waals surface area contributed by atoms with Gasteiger partial charge in [0, 0.05) is 81.0 Å². The SMILES string of the molecule is Cc1ncsc1-c1ccc(CNC(=O)[C@@H]2C[C@@H](O)CN2C(=O)[C@@H](NC(=O)CCCCCCNC(=O)c2ccc(-c3ccc(N4C[C@@H](C)N(C)[C@@H](C)C4)c(NC(=O)c4c[nH]c(=O)cc4C(F)(F)F)c3)c(F)c2)C(C)(C)C)cc1. The number of hydrogen-bond acceptors (Lipinski definition) is 11. The largest absolute Gasteiger partial charge is 0.417 e. The molecule has 7 rings (SSSR count). The maximum atomic E-state index is 15.9. The van der Waals surface area contributed by atoms with Crippen LogP contribution < -0.4 is 31.7 Å². The zero-order valence-electron chi connectivity index (χ0n) is 44.3. The summed E-state index contributed by atoms with van der Waals surface area (Å²) in [5.74, 6) is -3.59. The van der Waals surface area contributed by atoms with Crippen molar-refractivity contribution in [3.63, 3.8) is 0 Å². The second-order valence-electron chi connectivity index (χ2n) is 21.1. The number of piperazine rings is 1. The van der Waals surface area contributed by atoms with Crippen LogP contribution in [0.25, 0.3) is 21.6 Å². The highest BCUT2D eigenvalue weighted by atomic mass is 32.1. The first kappa shape index (κ1) is 57.7. The number of alkyl halides is 3. The fraction of sp³-hybridized carbons (Fsp3) is 0.446. The Bertz CT molecular complexity index is 3000. The van der Waals surface area contributed by atoms with Crippen LogP contribution in [0.4, 0.5) is 28.9 Å². The van der Waals surface area contributed by atoms with Crippen molar-refractivity contribution in [2.75, 3.05) is 43.4 Å². The normalized spacial score (nSPS) is 18.4. The van der Waals surface area contributed by atoms with Crippen LogP contribution in [0.15, 0.2) is 83.2 Å². The number of aromatic amines is 1. The lowest BCUT2D eigenvalue weighted by Gasteiger charge is -2.44. The number of thiazole rings is 1. The van der Waals surface area contributed by atoms with Crippen molar-refractivity contribution < 1.29 is 46.6 Å². The number of nitrogens with zero attached hydrogens (tertiary/aromatic N) is 4. The number of carbonyl (C=O) groups excluding carboxylic acids is 5. The maximum absolute atomic E-state index is 15.9. The summed E-state index contributed by atoms with van der Waals surface area (Å²) in [7, 11) is 1.99. The molecule has 412 valence electrons. The van der Waals surface area contributed by atoms with Gasteiger partial charge < -0.3 is 41.2 Å². The second-order valence-corrected chi connectivity index (χ2v) is 22.0. The van der Waals surface area contributed by atoms with E-state index in [9.17, 15) is 47.0 Å². The van der Waals surface area contributed by atoms with Crippen molar-refractivity contribution in [1.82, 2.24) is 35.7 Å². The number of aromatic nitrogens is 2.